The third-order valence-electron chi connectivity index (χ3n) is 4.80. The summed E-state index contributed by atoms with van der Waals surface area (Å²) in [5.74, 6) is -0.818. The van der Waals surface area contributed by atoms with Crippen LogP contribution in [0.4, 0.5) is 0 Å². The van der Waals surface area contributed by atoms with Gasteiger partial charge in [-0.3, -0.25) is 4.79 Å². The fourth-order valence-corrected chi connectivity index (χ4v) is 7.20. The van der Waals surface area contributed by atoms with E-state index in [9.17, 15) is 21.6 Å². The second-order valence-corrected chi connectivity index (χ2v) is 11.4. The highest BCUT2D eigenvalue weighted by atomic mass is 35.5. The molecule has 3 N–H and O–H groups in total. The second kappa shape index (κ2) is 9.25. The van der Waals surface area contributed by atoms with Crippen LogP contribution in [0.2, 0.25) is 10.0 Å². The summed E-state index contributed by atoms with van der Waals surface area (Å²) in [4.78, 5) is 12.5. The van der Waals surface area contributed by atoms with E-state index in [0.717, 1.165) is 14.7 Å². The van der Waals surface area contributed by atoms with E-state index >= 15 is 0 Å². The predicted octanol–water partition coefficient (Wildman–Crippen LogP) is 0.694. The van der Waals surface area contributed by atoms with E-state index in [-0.39, 0.29) is 57.5 Å². The Morgan fingerprint density at radius 3 is 2.31 bits per heavy atom. The molecule has 15 heteroatoms. The molecule has 0 bridgehead atoms. The van der Waals surface area contributed by atoms with Crippen molar-refractivity contribution in [3.05, 3.63) is 39.7 Å². The van der Waals surface area contributed by atoms with Crippen LogP contribution in [0, 0.1) is 13.8 Å². The molecule has 1 saturated heterocycles. The summed E-state index contributed by atoms with van der Waals surface area (Å²) >= 11 is 11.8. The molecule has 1 aliphatic heterocycles. The Bertz CT molecular complexity index is 1230. The fraction of sp³-hybridized carbons (Fsp3) is 0.412. The van der Waals surface area contributed by atoms with Crippen LogP contribution in [0.3, 0.4) is 0 Å². The monoisotopic (exact) mass is 525 g/mol. The van der Waals surface area contributed by atoms with Crippen LogP contribution >= 0.6 is 23.2 Å². The normalized spacial score (nSPS) is 18.2. The Kier molecular flexibility index (Phi) is 7.20. The summed E-state index contributed by atoms with van der Waals surface area (Å²) in [7, 11) is -8.66. The lowest BCUT2D eigenvalue weighted by Crippen LogP contribution is -2.54. The molecule has 3 rings (SSSR count). The molecule has 1 aromatic carbocycles. The molecule has 2 aromatic rings. The maximum Gasteiger partial charge on any atom is 0.254 e. The predicted molar refractivity (Wildman–Crippen MR) is 116 cm³/mol. The number of carbonyl (C=O) groups excluding carboxylic acids is 1. The van der Waals surface area contributed by atoms with Crippen LogP contribution < -0.4 is 11.1 Å². The third kappa shape index (κ3) is 4.38. The van der Waals surface area contributed by atoms with Crippen molar-refractivity contribution in [2.24, 2.45) is 5.73 Å². The van der Waals surface area contributed by atoms with Crippen molar-refractivity contribution in [2.45, 2.75) is 29.8 Å². The number of nitrogens with one attached hydrogen (secondary N) is 1. The van der Waals surface area contributed by atoms with Crippen LogP contribution in [-0.4, -0.2) is 68.9 Å². The van der Waals surface area contributed by atoms with Crippen molar-refractivity contribution < 1.29 is 26.2 Å². The number of halogens is 2. The van der Waals surface area contributed by atoms with Crippen molar-refractivity contribution >= 4 is 49.2 Å². The third-order valence-corrected chi connectivity index (χ3v) is 9.48. The average molecular weight is 526 g/mol. The molecule has 2 heterocycles. The molecular formula is C17H21Cl2N5O6S2. The van der Waals surface area contributed by atoms with E-state index in [1.807, 2.05) is 0 Å². The van der Waals surface area contributed by atoms with Gasteiger partial charge in [0, 0.05) is 26.2 Å². The van der Waals surface area contributed by atoms with Crippen LogP contribution in [0.25, 0.3) is 0 Å². The maximum atomic E-state index is 13.4. The molecule has 1 unspecified atom stereocenters. The Hall–Kier alpha value is -1.74. The molecule has 176 valence electrons. The zero-order valence-corrected chi connectivity index (χ0v) is 20.2. The lowest BCUT2D eigenvalue weighted by molar-refractivity contribution is -0.126. The fourth-order valence-electron chi connectivity index (χ4n) is 3.37. The van der Waals surface area contributed by atoms with Gasteiger partial charge in [-0.15, -0.1) is 0 Å². The Balaban J connectivity index is 2.09. The number of amides is 1. The first-order valence-corrected chi connectivity index (χ1v) is 13.0. The number of hydrogen-bond donors (Lipinski definition) is 2. The molecule has 1 aliphatic rings. The molecule has 1 aromatic heterocycles. The molecule has 0 saturated carbocycles. The van der Waals surface area contributed by atoms with Gasteiger partial charge in [-0.2, -0.15) is 8.61 Å². The number of hydrogen-bond acceptors (Lipinski definition) is 8. The standard InChI is InChI=1S/C17H21Cl2N5O6S2/c1-10-15(11(2)30-22-10)32(28,29)24-8-7-23(17(24)16(25)21-6-5-20)31(26,27)12-3-4-13(18)14(19)9-12/h3-4,9,17H,5-8,20H2,1-2H3,(H,21,25). The molecule has 1 fully saturated rings. The smallest absolute Gasteiger partial charge is 0.254 e. The largest absolute Gasteiger partial charge is 0.360 e. The zero-order valence-electron chi connectivity index (χ0n) is 17.1. The van der Waals surface area contributed by atoms with Gasteiger partial charge in [-0.05, 0) is 32.0 Å². The topological polar surface area (TPSA) is 156 Å². The number of aromatic nitrogens is 1. The van der Waals surface area contributed by atoms with Crippen molar-refractivity contribution in [3.63, 3.8) is 0 Å². The Morgan fingerprint density at radius 1 is 1.16 bits per heavy atom. The number of rotatable bonds is 7. The van der Waals surface area contributed by atoms with Crippen LogP contribution in [0.1, 0.15) is 11.5 Å². The molecule has 0 radical (unpaired) electrons. The highest BCUT2D eigenvalue weighted by molar-refractivity contribution is 7.90. The lowest BCUT2D eigenvalue weighted by atomic mass is 10.4. The Morgan fingerprint density at radius 2 is 1.78 bits per heavy atom. The number of benzene rings is 1. The van der Waals surface area contributed by atoms with E-state index < -0.39 is 32.1 Å². The van der Waals surface area contributed by atoms with E-state index in [1.54, 1.807) is 0 Å². The second-order valence-electron chi connectivity index (χ2n) is 6.91. The van der Waals surface area contributed by atoms with Crippen molar-refractivity contribution in [3.8, 4) is 0 Å². The van der Waals surface area contributed by atoms with Gasteiger partial charge in [0.25, 0.3) is 5.91 Å². The van der Waals surface area contributed by atoms with E-state index in [0.29, 0.717) is 0 Å². The minimum Gasteiger partial charge on any atom is -0.360 e. The van der Waals surface area contributed by atoms with Gasteiger partial charge in [0.05, 0.1) is 14.9 Å². The maximum absolute atomic E-state index is 13.4. The molecular weight excluding hydrogens is 505 g/mol. The van der Waals surface area contributed by atoms with Gasteiger partial charge in [-0.1, -0.05) is 28.4 Å². The molecule has 11 nitrogen and oxygen atoms in total. The SMILES string of the molecule is Cc1noc(C)c1S(=O)(=O)N1CCN(S(=O)(=O)c2ccc(Cl)c(Cl)c2)C1C(=O)NCCN. The van der Waals surface area contributed by atoms with E-state index in [2.05, 4.69) is 10.5 Å². The van der Waals surface area contributed by atoms with Gasteiger partial charge >= 0.3 is 0 Å². The first-order chi connectivity index (χ1) is 14.9. The van der Waals surface area contributed by atoms with Gasteiger partial charge < -0.3 is 15.6 Å². The highest BCUT2D eigenvalue weighted by Gasteiger charge is 2.50. The van der Waals surface area contributed by atoms with Crippen LogP contribution in [0.5, 0.6) is 0 Å². The number of nitrogens with two attached hydrogens (primary N) is 1. The summed E-state index contributed by atoms with van der Waals surface area (Å²) in [6.45, 7) is 2.41. The van der Waals surface area contributed by atoms with E-state index in [1.165, 1.54) is 26.0 Å². The van der Waals surface area contributed by atoms with E-state index in [4.69, 9.17) is 33.5 Å². The zero-order chi connectivity index (χ0) is 23.8. The Labute approximate surface area is 195 Å². The molecule has 0 spiro atoms. The molecule has 0 aliphatic carbocycles. The number of sulfonamides is 2. The first-order valence-electron chi connectivity index (χ1n) is 9.32. The quantitative estimate of drug-likeness (QED) is 0.534. The highest BCUT2D eigenvalue weighted by Crippen LogP contribution is 2.33. The van der Waals surface area contributed by atoms with Gasteiger partial charge in [0.15, 0.2) is 11.9 Å². The molecule has 1 amide bonds. The van der Waals surface area contributed by atoms with Crippen LogP contribution in [0.15, 0.2) is 32.5 Å². The summed E-state index contributed by atoms with van der Waals surface area (Å²) < 4.78 is 60.0. The summed E-state index contributed by atoms with van der Waals surface area (Å²) in [6, 6.07) is 3.66. The molecule has 1 atom stereocenters. The first kappa shape index (κ1) is 24.9. The number of nitrogens with zero attached hydrogens (tertiary/aromatic N) is 3. The number of aryl methyl sites for hydroxylation is 2. The van der Waals surface area contributed by atoms with Crippen LogP contribution in [-0.2, 0) is 24.8 Å². The summed E-state index contributed by atoms with van der Waals surface area (Å²) in [5.41, 5.74) is 5.52. The average Bonchev–Trinajstić information content (AvgIpc) is 3.32. The minimum atomic E-state index is -4.33. The van der Waals surface area contributed by atoms with Gasteiger partial charge in [0.1, 0.15) is 10.6 Å². The van der Waals surface area contributed by atoms with Gasteiger partial charge in [0.2, 0.25) is 20.0 Å². The van der Waals surface area contributed by atoms with Crippen molar-refractivity contribution in [2.75, 3.05) is 26.2 Å². The van der Waals surface area contributed by atoms with Crippen molar-refractivity contribution in [1.82, 2.24) is 19.1 Å². The van der Waals surface area contributed by atoms with Crippen molar-refractivity contribution in [1.29, 1.82) is 0 Å². The summed E-state index contributed by atoms with van der Waals surface area (Å²) in [5, 5.41) is 6.25. The minimum absolute atomic E-state index is 0.00345. The van der Waals surface area contributed by atoms with Gasteiger partial charge in [-0.25, -0.2) is 16.8 Å². The number of carbonyl (C=O) groups is 1. The molecule has 32 heavy (non-hydrogen) atoms. The lowest BCUT2D eigenvalue weighted by Gasteiger charge is -2.28. The summed E-state index contributed by atoms with van der Waals surface area (Å²) in [6.07, 6.45) is -1.69.